The average molecular weight is 232 g/mol. The Morgan fingerprint density at radius 3 is 1.07 bits per heavy atom. The molecule has 0 aromatic carbocycles. The van der Waals surface area contributed by atoms with E-state index in [-0.39, 0.29) is 0 Å². The van der Waals surface area contributed by atoms with Crippen molar-refractivity contribution >= 4 is 7.60 Å². The minimum absolute atomic E-state index is 0.406. The van der Waals surface area contributed by atoms with Gasteiger partial charge in [-0.3, -0.25) is 4.57 Å². The van der Waals surface area contributed by atoms with E-state index in [4.69, 9.17) is 30.2 Å². The third kappa shape index (κ3) is 10.1. The second-order valence-electron chi connectivity index (χ2n) is 2.97. The third-order valence-corrected chi connectivity index (χ3v) is 1.34. The van der Waals surface area contributed by atoms with Crippen molar-refractivity contribution in [3.05, 3.63) is 0 Å². The molecule has 0 unspecified atom stereocenters. The van der Waals surface area contributed by atoms with Crippen LogP contribution in [0, 0.1) is 5.41 Å². The van der Waals surface area contributed by atoms with E-state index in [1.807, 2.05) is 0 Å². The topological polar surface area (TPSA) is 138 Å². The molecule has 6 N–H and O–H groups in total. The van der Waals surface area contributed by atoms with Crippen LogP contribution in [0.2, 0.25) is 0 Å². The van der Waals surface area contributed by atoms with Gasteiger partial charge in [-0.2, -0.15) is 0 Å². The van der Waals surface area contributed by atoms with Crippen LogP contribution in [0.15, 0.2) is 0 Å². The van der Waals surface area contributed by atoms with Gasteiger partial charge in [0.1, 0.15) is 0 Å². The molecule has 14 heavy (non-hydrogen) atoms. The number of aliphatic hydroxyl groups excluding tert-OH is 4. The van der Waals surface area contributed by atoms with Gasteiger partial charge in [0.15, 0.2) is 0 Å². The van der Waals surface area contributed by atoms with Crippen LogP contribution in [0.4, 0.5) is 0 Å². The fraction of sp³-hybridized carbons (Fsp3) is 1.00. The first-order valence-electron chi connectivity index (χ1n) is 3.71. The van der Waals surface area contributed by atoms with Crippen molar-refractivity contribution in [3.8, 4) is 0 Å². The first-order valence-corrected chi connectivity index (χ1v) is 5.77. The van der Waals surface area contributed by atoms with E-state index < -0.39 is 39.4 Å². The molecule has 8 heteroatoms. The first kappa shape index (κ1) is 16.4. The van der Waals surface area contributed by atoms with Gasteiger partial charge < -0.3 is 30.2 Å². The summed E-state index contributed by atoms with van der Waals surface area (Å²) >= 11 is 0. The van der Waals surface area contributed by atoms with Gasteiger partial charge in [-0.1, -0.05) is 0 Å². The third-order valence-electron chi connectivity index (χ3n) is 1.34. The summed E-state index contributed by atoms with van der Waals surface area (Å²) in [6.45, 7) is -0.771. The summed E-state index contributed by atoms with van der Waals surface area (Å²) in [5.41, 5.74) is -1.11. The molecule has 0 radical (unpaired) electrons. The molecule has 0 amide bonds. The lowest BCUT2D eigenvalue weighted by molar-refractivity contribution is -0.0328. The molecular formula is C6H17O7P. The van der Waals surface area contributed by atoms with Crippen molar-refractivity contribution in [3.63, 3.8) is 0 Å². The molecule has 0 aliphatic heterocycles. The van der Waals surface area contributed by atoms with Crippen LogP contribution >= 0.6 is 7.60 Å². The summed E-state index contributed by atoms with van der Waals surface area (Å²) in [6.07, 6.45) is 0. The molecule has 7 nitrogen and oxygen atoms in total. The minimum atomic E-state index is -3.64. The predicted molar refractivity (Wildman–Crippen MR) is 48.7 cm³/mol. The van der Waals surface area contributed by atoms with Crippen molar-refractivity contribution < 1.29 is 34.8 Å². The molecule has 0 aromatic heterocycles. The van der Waals surface area contributed by atoms with E-state index >= 15 is 0 Å². The summed E-state index contributed by atoms with van der Waals surface area (Å²) in [7, 11) is -3.64. The normalized spacial score (nSPS) is 11.9. The molecule has 88 valence electrons. The zero-order valence-corrected chi connectivity index (χ0v) is 8.76. The van der Waals surface area contributed by atoms with E-state index in [0.717, 1.165) is 6.66 Å². The maximum absolute atomic E-state index is 9.33. The molecule has 0 aromatic rings. The monoisotopic (exact) mass is 232 g/mol. The Hall–Kier alpha value is -0.0100. The van der Waals surface area contributed by atoms with Crippen molar-refractivity contribution in [1.82, 2.24) is 0 Å². The molecule has 0 aliphatic rings. The molecule has 0 atom stereocenters. The second-order valence-corrected chi connectivity index (χ2v) is 4.64. The van der Waals surface area contributed by atoms with Crippen LogP contribution in [0.1, 0.15) is 0 Å². The molecule has 0 aliphatic carbocycles. The van der Waals surface area contributed by atoms with Crippen molar-refractivity contribution in [1.29, 1.82) is 0 Å². The maximum Gasteiger partial charge on any atom is 0.322 e. The Bertz CT molecular complexity index is 147. The SMILES string of the molecule is CP(=O)(O)O.OCC(CO)(CO)CO. The smallest absolute Gasteiger partial charge is 0.322 e. The van der Waals surface area contributed by atoms with Crippen LogP contribution in [-0.4, -0.2) is 63.3 Å². The summed E-state index contributed by atoms with van der Waals surface area (Å²) in [4.78, 5) is 15.3. The quantitative estimate of drug-likeness (QED) is 0.300. The van der Waals surface area contributed by atoms with E-state index in [9.17, 15) is 4.57 Å². The molecular weight excluding hydrogens is 215 g/mol. The van der Waals surface area contributed by atoms with Crippen LogP contribution in [0.3, 0.4) is 0 Å². The zero-order valence-electron chi connectivity index (χ0n) is 7.87. The number of aliphatic hydroxyl groups is 4. The van der Waals surface area contributed by atoms with Crippen LogP contribution in [0.5, 0.6) is 0 Å². The Morgan fingerprint density at radius 2 is 1.07 bits per heavy atom. The lowest BCUT2D eigenvalue weighted by Crippen LogP contribution is -2.37. The molecule has 0 bridgehead atoms. The number of hydrogen-bond acceptors (Lipinski definition) is 5. The Labute approximate surface area is 81.8 Å². The van der Waals surface area contributed by atoms with E-state index in [0.29, 0.717) is 0 Å². The van der Waals surface area contributed by atoms with Gasteiger partial charge in [0, 0.05) is 6.66 Å². The first-order chi connectivity index (χ1) is 6.24. The van der Waals surface area contributed by atoms with Crippen LogP contribution < -0.4 is 0 Å². The molecule has 0 fully saturated rings. The number of hydrogen-bond donors (Lipinski definition) is 6. The van der Waals surface area contributed by atoms with Crippen LogP contribution in [0.25, 0.3) is 0 Å². The highest BCUT2D eigenvalue weighted by atomic mass is 31.2. The van der Waals surface area contributed by atoms with Crippen molar-refractivity contribution in [2.45, 2.75) is 0 Å². The molecule has 0 saturated heterocycles. The predicted octanol–water partition coefficient (Wildman–Crippen LogP) is -2.26. The molecule has 0 saturated carbocycles. The Balaban J connectivity index is 0. The second kappa shape index (κ2) is 7.30. The van der Waals surface area contributed by atoms with Gasteiger partial charge >= 0.3 is 7.60 Å². The highest BCUT2D eigenvalue weighted by Gasteiger charge is 2.26. The standard InChI is InChI=1S/C5H12O4.CH5O3P/c6-1-5(2-7,3-8)4-9;1-5(2,3)4/h6-9H,1-4H2;1H3,(H2,2,3,4). The Kier molecular flexibility index (Phi) is 8.57. The molecule has 0 rings (SSSR count). The highest BCUT2D eigenvalue weighted by molar-refractivity contribution is 7.50. The largest absolute Gasteiger partial charge is 0.396 e. The molecule has 0 heterocycles. The van der Waals surface area contributed by atoms with E-state index in [2.05, 4.69) is 0 Å². The number of rotatable bonds is 4. The van der Waals surface area contributed by atoms with Gasteiger partial charge in [-0.25, -0.2) is 0 Å². The fourth-order valence-electron chi connectivity index (χ4n) is 0.300. The summed E-state index contributed by atoms with van der Waals surface area (Å²) in [5.74, 6) is 0. The van der Waals surface area contributed by atoms with Gasteiger partial charge in [0.2, 0.25) is 0 Å². The minimum Gasteiger partial charge on any atom is -0.396 e. The fourth-order valence-corrected chi connectivity index (χ4v) is 0.300. The summed E-state index contributed by atoms with van der Waals surface area (Å²) in [5, 5.41) is 34.0. The van der Waals surface area contributed by atoms with Gasteiger partial charge in [0.25, 0.3) is 0 Å². The lowest BCUT2D eigenvalue weighted by atomic mass is 9.93. The maximum atomic E-state index is 9.33. The summed E-state index contributed by atoms with van der Waals surface area (Å²) < 4.78 is 9.33. The van der Waals surface area contributed by atoms with E-state index in [1.54, 1.807) is 0 Å². The Morgan fingerprint density at radius 1 is 0.929 bits per heavy atom. The summed E-state index contributed by atoms with van der Waals surface area (Å²) in [6, 6.07) is 0. The van der Waals surface area contributed by atoms with Crippen molar-refractivity contribution in [2.75, 3.05) is 33.1 Å². The van der Waals surface area contributed by atoms with Crippen LogP contribution in [-0.2, 0) is 4.57 Å². The average Bonchev–Trinajstić information content (AvgIpc) is 2.07. The lowest BCUT2D eigenvalue weighted by Gasteiger charge is -2.23. The zero-order chi connectivity index (χ0) is 11.8. The van der Waals surface area contributed by atoms with Gasteiger partial charge in [-0.05, 0) is 0 Å². The van der Waals surface area contributed by atoms with Crippen molar-refractivity contribution in [2.24, 2.45) is 5.41 Å². The van der Waals surface area contributed by atoms with Gasteiger partial charge in [0.05, 0.1) is 31.8 Å². The van der Waals surface area contributed by atoms with Gasteiger partial charge in [-0.15, -0.1) is 0 Å². The highest BCUT2D eigenvalue weighted by Crippen LogP contribution is 2.26. The molecule has 0 spiro atoms. The van der Waals surface area contributed by atoms with E-state index in [1.165, 1.54) is 0 Å².